The lowest BCUT2D eigenvalue weighted by molar-refractivity contribution is 0.411. The maximum Gasteiger partial charge on any atom is 0.108 e. The van der Waals surface area contributed by atoms with E-state index in [1.54, 1.807) is 0 Å². The first-order chi connectivity index (χ1) is 10.2. The van der Waals surface area contributed by atoms with E-state index in [0.717, 1.165) is 25.3 Å². The Morgan fingerprint density at radius 2 is 1.90 bits per heavy atom. The van der Waals surface area contributed by atoms with Crippen LogP contribution in [0.25, 0.3) is 0 Å². The number of aryl methyl sites for hydroxylation is 1. The number of benzene rings is 1. The molecule has 1 aliphatic carbocycles. The lowest BCUT2D eigenvalue weighted by Crippen LogP contribution is -2.24. The number of furan rings is 1. The first-order valence-electron chi connectivity index (χ1n) is 8.10. The van der Waals surface area contributed by atoms with Crippen molar-refractivity contribution in [3.63, 3.8) is 0 Å². The highest BCUT2D eigenvalue weighted by Crippen LogP contribution is 2.30. The highest BCUT2D eigenvalue weighted by Gasteiger charge is 2.21. The minimum absolute atomic E-state index is 0.447. The van der Waals surface area contributed by atoms with Gasteiger partial charge in [0.05, 0.1) is 6.26 Å². The van der Waals surface area contributed by atoms with Gasteiger partial charge in [0, 0.05) is 24.6 Å². The number of hydrogen-bond donors (Lipinski definition) is 1. The first-order valence-corrected chi connectivity index (χ1v) is 8.10. The quantitative estimate of drug-likeness (QED) is 0.864. The van der Waals surface area contributed by atoms with Crippen molar-refractivity contribution < 1.29 is 4.42 Å². The zero-order valence-electron chi connectivity index (χ0n) is 13.1. The number of nitrogens with one attached hydrogen (secondary N) is 1. The summed E-state index contributed by atoms with van der Waals surface area (Å²) in [6.45, 7) is 5.46. The molecule has 0 fully saturated rings. The van der Waals surface area contributed by atoms with Crippen molar-refractivity contribution in [2.45, 2.75) is 52.1 Å². The van der Waals surface area contributed by atoms with Crippen LogP contribution in [0.5, 0.6) is 0 Å². The molecule has 1 N–H and O–H groups in total. The predicted molar refractivity (Wildman–Crippen MR) is 86.2 cm³/mol. The molecule has 112 valence electrons. The highest BCUT2D eigenvalue weighted by atomic mass is 16.3. The molecule has 21 heavy (non-hydrogen) atoms. The third-order valence-electron chi connectivity index (χ3n) is 4.27. The number of hydrogen-bond acceptors (Lipinski definition) is 2. The van der Waals surface area contributed by atoms with Crippen molar-refractivity contribution in [2.24, 2.45) is 5.92 Å². The van der Waals surface area contributed by atoms with E-state index < -0.39 is 0 Å². The van der Waals surface area contributed by atoms with E-state index in [9.17, 15) is 0 Å². The Kier molecular flexibility index (Phi) is 4.45. The van der Waals surface area contributed by atoms with E-state index in [1.165, 1.54) is 35.3 Å². The Bertz CT molecular complexity index is 568. The molecule has 0 saturated heterocycles. The van der Waals surface area contributed by atoms with Crippen molar-refractivity contribution in [3.8, 4) is 0 Å². The average molecular weight is 283 g/mol. The Balaban J connectivity index is 1.59. The predicted octanol–water partition coefficient (Wildman–Crippen LogP) is 4.65. The van der Waals surface area contributed by atoms with Gasteiger partial charge >= 0.3 is 0 Å². The highest BCUT2D eigenvalue weighted by molar-refractivity contribution is 5.26. The summed E-state index contributed by atoms with van der Waals surface area (Å²) in [5, 5.41) is 3.68. The van der Waals surface area contributed by atoms with Gasteiger partial charge in [-0.3, -0.25) is 0 Å². The maximum absolute atomic E-state index is 5.55. The van der Waals surface area contributed by atoms with E-state index in [0.29, 0.717) is 6.04 Å². The van der Waals surface area contributed by atoms with Crippen LogP contribution in [-0.2, 0) is 19.4 Å². The molecule has 1 aliphatic rings. The van der Waals surface area contributed by atoms with Crippen LogP contribution in [0.3, 0.4) is 0 Å². The molecule has 3 rings (SSSR count). The molecule has 1 aromatic carbocycles. The van der Waals surface area contributed by atoms with Gasteiger partial charge in [-0.2, -0.15) is 0 Å². The molecule has 1 unspecified atom stereocenters. The van der Waals surface area contributed by atoms with Gasteiger partial charge in [-0.25, -0.2) is 0 Å². The van der Waals surface area contributed by atoms with Gasteiger partial charge in [0.25, 0.3) is 0 Å². The molecule has 1 heterocycles. The minimum atomic E-state index is 0.447. The molecule has 0 radical (unpaired) electrons. The molecular weight excluding hydrogens is 258 g/mol. The second-order valence-electron chi connectivity index (χ2n) is 6.54. The van der Waals surface area contributed by atoms with Crippen molar-refractivity contribution >= 4 is 0 Å². The van der Waals surface area contributed by atoms with Crippen LogP contribution in [0.15, 0.2) is 41.0 Å². The zero-order chi connectivity index (χ0) is 14.7. The van der Waals surface area contributed by atoms with Crippen LogP contribution >= 0.6 is 0 Å². The molecule has 2 nitrogen and oxygen atoms in total. The Morgan fingerprint density at radius 1 is 1.14 bits per heavy atom. The molecule has 0 amide bonds. The van der Waals surface area contributed by atoms with Crippen molar-refractivity contribution in [1.82, 2.24) is 5.32 Å². The van der Waals surface area contributed by atoms with Gasteiger partial charge in [0.1, 0.15) is 5.76 Å². The Hall–Kier alpha value is -1.54. The summed E-state index contributed by atoms with van der Waals surface area (Å²) >= 11 is 0. The normalized spacial score (nSPS) is 18.0. The molecule has 0 spiro atoms. The third-order valence-corrected chi connectivity index (χ3v) is 4.27. The van der Waals surface area contributed by atoms with Crippen molar-refractivity contribution in [1.29, 1.82) is 0 Å². The number of rotatable bonds is 5. The van der Waals surface area contributed by atoms with E-state index in [4.69, 9.17) is 4.42 Å². The third kappa shape index (κ3) is 3.56. The molecule has 1 atom stereocenters. The summed E-state index contributed by atoms with van der Waals surface area (Å²) in [7, 11) is 0. The molecule has 1 aromatic heterocycles. The van der Waals surface area contributed by atoms with Crippen LogP contribution in [0, 0.1) is 5.92 Å². The van der Waals surface area contributed by atoms with E-state index in [-0.39, 0.29) is 0 Å². The van der Waals surface area contributed by atoms with Crippen molar-refractivity contribution in [3.05, 3.63) is 59.0 Å². The van der Waals surface area contributed by atoms with Gasteiger partial charge < -0.3 is 9.73 Å². The topological polar surface area (TPSA) is 25.2 Å². The van der Waals surface area contributed by atoms with Crippen LogP contribution in [0.4, 0.5) is 0 Å². The van der Waals surface area contributed by atoms with Crippen molar-refractivity contribution in [2.75, 3.05) is 0 Å². The fraction of sp³-hybridized carbons (Fsp3) is 0.474. The molecule has 0 aliphatic heterocycles. The Labute approximate surface area is 127 Å². The first kappa shape index (κ1) is 14.4. The summed E-state index contributed by atoms with van der Waals surface area (Å²) in [5.41, 5.74) is 4.15. The largest absolute Gasteiger partial charge is 0.469 e. The second kappa shape index (κ2) is 6.48. The van der Waals surface area contributed by atoms with Crippen LogP contribution in [0.1, 0.15) is 55.2 Å². The fourth-order valence-corrected chi connectivity index (χ4v) is 3.20. The van der Waals surface area contributed by atoms with Gasteiger partial charge in [-0.1, -0.05) is 38.1 Å². The second-order valence-corrected chi connectivity index (χ2v) is 6.54. The van der Waals surface area contributed by atoms with Gasteiger partial charge in [-0.05, 0) is 42.4 Å². The summed E-state index contributed by atoms with van der Waals surface area (Å²) in [5.74, 6) is 1.89. The summed E-state index contributed by atoms with van der Waals surface area (Å²) in [6.07, 6.45) is 6.49. The van der Waals surface area contributed by atoms with Gasteiger partial charge in [-0.15, -0.1) is 0 Å². The summed E-state index contributed by atoms with van der Waals surface area (Å²) in [6, 6.07) is 11.6. The van der Waals surface area contributed by atoms with E-state index >= 15 is 0 Å². The smallest absolute Gasteiger partial charge is 0.108 e. The number of fused-ring (bicyclic) bond motifs is 1. The lowest BCUT2D eigenvalue weighted by atomic mass is 9.93. The summed E-state index contributed by atoms with van der Waals surface area (Å²) in [4.78, 5) is 0. The minimum Gasteiger partial charge on any atom is -0.469 e. The maximum atomic E-state index is 5.55. The molecular formula is C19H25NO. The molecule has 2 heteroatoms. The molecule has 0 bridgehead atoms. The van der Waals surface area contributed by atoms with Gasteiger partial charge in [0.2, 0.25) is 0 Å². The Morgan fingerprint density at radius 3 is 2.67 bits per heavy atom. The monoisotopic (exact) mass is 283 g/mol. The van der Waals surface area contributed by atoms with Gasteiger partial charge in [0.15, 0.2) is 0 Å². The molecule has 0 saturated carbocycles. The SMILES string of the molecule is CC(C)Cc1ccc(CNC2CCCc3occc32)cc1. The lowest BCUT2D eigenvalue weighted by Gasteiger charge is -2.23. The van der Waals surface area contributed by atoms with Crippen LogP contribution < -0.4 is 5.32 Å². The summed E-state index contributed by atoms with van der Waals surface area (Å²) < 4.78 is 5.55. The van der Waals surface area contributed by atoms with E-state index in [1.807, 2.05) is 6.26 Å². The standard InChI is InChI=1S/C19H25NO/c1-14(2)12-15-6-8-16(9-7-15)13-20-18-4-3-5-19-17(18)10-11-21-19/h6-11,14,18,20H,3-5,12-13H2,1-2H3. The fourth-order valence-electron chi connectivity index (χ4n) is 3.20. The molecule has 2 aromatic rings. The zero-order valence-corrected chi connectivity index (χ0v) is 13.1. The average Bonchev–Trinajstić information content (AvgIpc) is 2.95. The van der Waals surface area contributed by atoms with Crippen LogP contribution in [-0.4, -0.2) is 0 Å². The van der Waals surface area contributed by atoms with E-state index in [2.05, 4.69) is 49.5 Å². The van der Waals surface area contributed by atoms with Crippen LogP contribution in [0.2, 0.25) is 0 Å².